The van der Waals surface area contributed by atoms with E-state index in [9.17, 15) is 4.79 Å². The maximum Gasteiger partial charge on any atom is 0.287 e. The summed E-state index contributed by atoms with van der Waals surface area (Å²) in [5.41, 5.74) is 1.17. The highest BCUT2D eigenvalue weighted by Crippen LogP contribution is 2.24. The zero-order chi connectivity index (χ0) is 17.6. The summed E-state index contributed by atoms with van der Waals surface area (Å²) in [7, 11) is 3.80. The molecule has 1 fully saturated rings. The third-order valence-electron chi connectivity index (χ3n) is 4.68. The lowest BCUT2D eigenvalue weighted by Gasteiger charge is -2.38. The van der Waals surface area contributed by atoms with Crippen LogP contribution < -0.4 is 10.1 Å². The highest BCUT2D eigenvalue weighted by atomic mass is 16.5. The maximum atomic E-state index is 12.2. The van der Waals surface area contributed by atoms with Crippen molar-refractivity contribution >= 4 is 5.91 Å². The summed E-state index contributed by atoms with van der Waals surface area (Å²) in [5, 5.41) is 3.00. The van der Waals surface area contributed by atoms with Crippen molar-refractivity contribution in [3.63, 3.8) is 0 Å². The zero-order valence-electron chi connectivity index (χ0n) is 14.8. The molecule has 1 atom stereocenters. The molecule has 1 amide bonds. The average molecular weight is 343 g/mol. The van der Waals surface area contributed by atoms with E-state index in [4.69, 9.17) is 9.15 Å². The average Bonchev–Trinajstić information content (AvgIpc) is 3.18. The fourth-order valence-electron chi connectivity index (χ4n) is 3.10. The number of nitrogens with zero attached hydrogens (tertiary/aromatic N) is 2. The van der Waals surface area contributed by atoms with Gasteiger partial charge < -0.3 is 19.4 Å². The molecule has 0 aliphatic carbocycles. The molecule has 1 saturated heterocycles. The first-order valence-corrected chi connectivity index (χ1v) is 8.55. The van der Waals surface area contributed by atoms with Crippen molar-refractivity contribution in [2.45, 2.75) is 6.04 Å². The van der Waals surface area contributed by atoms with E-state index in [1.807, 2.05) is 12.1 Å². The Balaban J connectivity index is 1.72. The molecule has 1 aromatic heterocycles. The van der Waals surface area contributed by atoms with Gasteiger partial charge in [0.05, 0.1) is 19.4 Å². The minimum absolute atomic E-state index is 0.124. The van der Waals surface area contributed by atoms with Crippen LogP contribution in [0, 0.1) is 0 Å². The SMILES string of the molecule is COc1ccc([C@H](CNC(=O)c2ccco2)N2CCN(C)CC2)cc1. The molecule has 0 bridgehead atoms. The minimum Gasteiger partial charge on any atom is -0.497 e. The minimum atomic E-state index is -0.183. The number of methoxy groups -OCH3 is 1. The maximum absolute atomic E-state index is 12.2. The van der Waals surface area contributed by atoms with Crippen molar-refractivity contribution in [3.8, 4) is 5.75 Å². The van der Waals surface area contributed by atoms with E-state index in [2.05, 4.69) is 34.3 Å². The van der Waals surface area contributed by atoms with Gasteiger partial charge in [0, 0.05) is 32.7 Å². The number of benzene rings is 1. The number of hydrogen-bond acceptors (Lipinski definition) is 5. The second kappa shape index (κ2) is 8.18. The number of hydrogen-bond donors (Lipinski definition) is 1. The number of furan rings is 1. The molecule has 0 spiro atoms. The van der Waals surface area contributed by atoms with Crippen LogP contribution in [0.1, 0.15) is 22.2 Å². The number of rotatable bonds is 6. The van der Waals surface area contributed by atoms with Crippen LogP contribution in [-0.4, -0.2) is 62.6 Å². The molecule has 6 nitrogen and oxygen atoms in total. The highest BCUT2D eigenvalue weighted by Gasteiger charge is 2.25. The molecule has 0 unspecified atom stereocenters. The molecule has 3 rings (SSSR count). The summed E-state index contributed by atoms with van der Waals surface area (Å²) in [6.45, 7) is 4.54. The van der Waals surface area contributed by atoms with Crippen molar-refractivity contribution in [1.82, 2.24) is 15.1 Å². The van der Waals surface area contributed by atoms with Gasteiger partial charge in [0.15, 0.2) is 5.76 Å². The van der Waals surface area contributed by atoms with Gasteiger partial charge >= 0.3 is 0 Å². The van der Waals surface area contributed by atoms with Crippen molar-refractivity contribution in [1.29, 1.82) is 0 Å². The number of nitrogens with one attached hydrogen (secondary N) is 1. The smallest absolute Gasteiger partial charge is 0.287 e. The molecule has 2 heterocycles. The van der Waals surface area contributed by atoms with E-state index in [0.29, 0.717) is 12.3 Å². The molecule has 6 heteroatoms. The van der Waals surface area contributed by atoms with Crippen LogP contribution in [0.2, 0.25) is 0 Å². The molecular weight excluding hydrogens is 318 g/mol. The topological polar surface area (TPSA) is 58.0 Å². The summed E-state index contributed by atoms with van der Waals surface area (Å²) in [4.78, 5) is 17.0. The van der Waals surface area contributed by atoms with Gasteiger partial charge in [-0.15, -0.1) is 0 Å². The fraction of sp³-hybridized carbons (Fsp3) is 0.421. The molecule has 2 aromatic rings. The van der Waals surface area contributed by atoms with Gasteiger partial charge in [-0.05, 0) is 36.9 Å². The molecule has 1 aromatic carbocycles. The molecular formula is C19H25N3O3. The lowest BCUT2D eigenvalue weighted by Crippen LogP contribution is -2.48. The van der Waals surface area contributed by atoms with Crippen LogP contribution >= 0.6 is 0 Å². The number of amides is 1. The molecule has 1 aliphatic rings. The van der Waals surface area contributed by atoms with Gasteiger partial charge in [0.2, 0.25) is 0 Å². The first-order valence-electron chi connectivity index (χ1n) is 8.55. The first kappa shape index (κ1) is 17.5. The first-order chi connectivity index (χ1) is 12.2. The fourth-order valence-corrected chi connectivity index (χ4v) is 3.10. The van der Waals surface area contributed by atoms with Gasteiger partial charge in [0.25, 0.3) is 5.91 Å². The number of ether oxygens (including phenoxy) is 1. The normalized spacial score (nSPS) is 17.2. The molecule has 1 N–H and O–H groups in total. The van der Waals surface area contributed by atoms with E-state index in [-0.39, 0.29) is 11.9 Å². The van der Waals surface area contributed by atoms with Crippen LogP contribution in [0.4, 0.5) is 0 Å². The van der Waals surface area contributed by atoms with Crippen molar-refractivity contribution in [2.24, 2.45) is 0 Å². The highest BCUT2D eigenvalue weighted by molar-refractivity contribution is 5.91. The summed E-state index contributed by atoms with van der Waals surface area (Å²) in [6.07, 6.45) is 1.51. The summed E-state index contributed by atoms with van der Waals surface area (Å²) in [6, 6.07) is 11.6. The summed E-state index contributed by atoms with van der Waals surface area (Å²) >= 11 is 0. The zero-order valence-corrected chi connectivity index (χ0v) is 14.8. The van der Waals surface area contributed by atoms with E-state index in [1.165, 1.54) is 11.8 Å². The van der Waals surface area contributed by atoms with Gasteiger partial charge in [-0.2, -0.15) is 0 Å². The van der Waals surface area contributed by atoms with Crippen molar-refractivity contribution in [3.05, 3.63) is 54.0 Å². The quantitative estimate of drug-likeness (QED) is 0.869. The van der Waals surface area contributed by atoms with Gasteiger partial charge in [0.1, 0.15) is 5.75 Å². The Labute approximate surface area is 148 Å². The van der Waals surface area contributed by atoms with E-state index in [1.54, 1.807) is 19.2 Å². The number of carbonyl (C=O) groups excluding carboxylic acids is 1. The van der Waals surface area contributed by atoms with Gasteiger partial charge in [-0.25, -0.2) is 0 Å². The molecule has 0 radical (unpaired) electrons. The van der Waals surface area contributed by atoms with E-state index < -0.39 is 0 Å². The van der Waals surface area contributed by atoms with E-state index >= 15 is 0 Å². The second-order valence-electron chi connectivity index (χ2n) is 6.32. The Hall–Kier alpha value is -2.31. The third-order valence-corrected chi connectivity index (χ3v) is 4.68. The van der Waals surface area contributed by atoms with Crippen LogP contribution in [-0.2, 0) is 0 Å². The van der Waals surface area contributed by atoms with Crippen molar-refractivity contribution in [2.75, 3.05) is 46.9 Å². The molecule has 134 valence electrons. The standard InChI is InChI=1S/C19H25N3O3/c1-21-9-11-22(12-10-21)17(15-5-7-16(24-2)8-6-15)14-20-19(23)18-4-3-13-25-18/h3-8,13,17H,9-12,14H2,1-2H3,(H,20,23)/t17-/m0/s1. The number of piperazine rings is 1. The predicted octanol–water partition coefficient (Wildman–Crippen LogP) is 2.01. The third kappa shape index (κ3) is 4.41. The van der Waals surface area contributed by atoms with E-state index in [0.717, 1.165) is 31.9 Å². The Morgan fingerprint density at radius 1 is 1.20 bits per heavy atom. The lowest BCUT2D eigenvalue weighted by atomic mass is 10.0. The van der Waals surface area contributed by atoms with Crippen LogP contribution in [0.5, 0.6) is 5.75 Å². The monoisotopic (exact) mass is 343 g/mol. The second-order valence-corrected chi connectivity index (χ2v) is 6.32. The largest absolute Gasteiger partial charge is 0.497 e. The molecule has 1 aliphatic heterocycles. The Bertz CT molecular complexity index is 662. The van der Waals surface area contributed by atoms with Crippen LogP contribution in [0.15, 0.2) is 47.1 Å². The molecule has 0 saturated carbocycles. The molecule has 25 heavy (non-hydrogen) atoms. The van der Waals surface area contributed by atoms with Crippen LogP contribution in [0.25, 0.3) is 0 Å². The Morgan fingerprint density at radius 3 is 2.52 bits per heavy atom. The summed E-state index contributed by atoms with van der Waals surface area (Å²) < 4.78 is 10.4. The van der Waals surface area contributed by atoms with Gasteiger partial charge in [-0.3, -0.25) is 9.69 Å². The predicted molar refractivity (Wildman–Crippen MR) is 95.8 cm³/mol. The number of carbonyl (C=O) groups is 1. The Morgan fingerprint density at radius 2 is 1.92 bits per heavy atom. The summed E-state index contributed by atoms with van der Waals surface area (Å²) in [5.74, 6) is 0.991. The van der Waals surface area contributed by atoms with Crippen molar-refractivity contribution < 1.29 is 13.9 Å². The number of likely N-dealkylation sites (N-methyl/N-ethyl adjacent to an activating group) is 1. The Kier molecular flexibility index (Phi) is 5.73. The van der Waals surface area contributed by atoms with Gasteiger partial charge in [-0.1, -0.05) is 12.1 Å². The lowest BCUT2D eigenvalue weighted by molar-refractivity contribution is 0.0863. The van der Waals surface area contributed by atoms with Crippen LogP contribution in [0.3, 0.4) is 0 Å².